The lowest BCUT2D eigenvalue weighted by atomic mass is 9.97. The van der Waals surface area contributed by atoms with Gasteiger partial charge in [-0.2, -0.15) is 0 Å². The predicted molar refractivity (Wildman–Crippen MR) is 88.9 cm³/mol. The molecule has 0 amide bonds. The lowest BCUT2D eigenvalue weighted by Gasteiger charge is -2.23. The molecule has 0 bridgehead atoms. The molecule has 1 aromatic carbocycles. The monoisotopic (exact) mass is 305 g/mol. The molecule has 0 aliphatic heterocycles. The summed E-state index contributed by atoms with van der Waals surface area (Å²) in [6.45, 7) is 7.30. The van der Waals surface area contributed by atoms with Crippen LogP contribution in [0, 0.1) is 13.8 Å². The summed E-state index contributed by atoms with van der Waals surface area (Å²) in [5, 5.41) is 3.57. The van der Waals surface area contributed by atoms with Crippen molar-refractivity contribution < 1.29 is 9.47 Å². The third-order valence-electron chi connectivity index (χ3n) is 3.55. The molecule has 0 fully saturated rings. The SMILES string of the molecule is CCNC(c1cc(C)sc1C)c1c(OC)cccc1OC. The van der Waals surface area contributed by atoms with Crippen molar-refractivity contribution in [1.29, 1.82) is 0 Å². The summed E-state index contributed by atoms with van der Waals surface area (Å²) in [6, 6.07) is 8.24. The van der Waals surface area contributed by atoms with E-state index in [2.05, 4.69) is 32.2 Å². The maximum Gasteiger partial charge on any atom is 0.127 e. The average molecular weight is 305 g/mol. The van der Waals surface area contributed by atoms with Gasteiger partial charge < -0.3 is 14.8 Å². The molecule has 21 heavy (non-hydrogen) atoms. The Hall–Kier alpha value is -1.52. The van der Waals surface area contributed by atoms with Crippen LogP contribution in [0.25, 0.3) is 0 Å². The zero-order valence-electron chi connectivity index (χ0n) is 13.3. The number of hydrogen-bond donors (Lipinski definition) is 1. The van der Waals surface area contributed by atoms with Crippen molar-refractivity contribution in [2.45, 2.75) is 26.8 Å². The Morgan fingerprint density at radius 3 is 2.19 bits per heavy atom. The van der Waals surface area contributed by atoms with Crippen LogP contribution >= 0.6 is 11.3 Å². The minimum atomic E-state index is 0.0750. The van der Waals surface area contributed by atoms with Gasteiger partial charge in [-0.25, -0.2) is 0 Å². The fourth-order valence-electron chi connectivity index (χ4n) is 2.67. The molecule has 1 heterocycles. The van der Waals surface area contributed by atoms with Crippen LogP contribution in [0.4, 0.5) is 0 Å². The molecule has 2 aromatic rings. The number of aryl methyl sites for hydroxylation is 2. The highest BCUT2D eigenvalue weighted by molar-refractivity contribution is 7.12. The van der Waals surface area contributed by atoms with Crippen LogP contribution < -0.4 is 14.8 Å². The number of hydrogen-bond acceptors (Lipinski definition) is 4. The minimum absolute atomic E-state index is 0.0750. The van der Waals surface area contributed by atoms with Crippen LogP contribution in [0.3, 0.4) is 0 Å². The van der Waals surface area contributed by atoms with E-state index in [0.717, 1.165) is 23.6 Å². The summed E-state index contributed by atoms with van der Waals surface area (Å²) >= 11 is 1.82. The van der Waals surface area contributed by atoms with Gasteiger partial charge in [-0.05, 0) is 44.2 Å². The van der Waals surface area contributed by atoms with Crippen molar-refractivity contribution in [1.82, 2.24) is 5.32 Å². The largest absolute Gasteiger partial charge is 0.496 e. The molecule has 0 saturated carbocycles. The van der Waals surface area contributed by atoms with Crippen molar-refractivity contribution in [2.24, 2.45) is 0 Å². The van der Waals surface area contributed by atoms with Crippen molar-refractivity contribution >= 4 is 11.3 Å². The molecular weight excluding hydrogens is 282 g/mol. The van der Waals surface area contributed by atoms with E-state index >= 15 is 0 Å². The molecule has 4 heteroatoms. The first-order valence-electron chi connectivity index (χ1n) is 7.13. The lowest BCUT2D eigenvalue weighted by molar-refractivity contribution is 0.377. The molecule has 1 atom stereocenters. The van der Waals surface area contributed by atoms with Gasteiger partial charge in [-0.1, -0.05) is 13.0 Å². The van der Waals surface area contributed by atoms with Crippen LogP contribution in [-0.2, 0) is 0 Å². The summed E-state index contributed by atoms with van der Waals surface area (Å²) in [4.78, 5) is 2.64. The molecule has 0 saturated heterocycles. The second-order valence-electron chi connectivity index (χ2n) is 4.94. The first-order valence-corrected chi connectivity index (χ1v) is 7.95. The normalized spacial score (nSPS) is 12.2. The van der Waals surface area contributed by atoms with E-state index in [0.29, 0.717) is 0 Å². The number of ether oxygens (including phenoxy) is 2. The Bertz CT molecular complexity index is 585. The molecule has 0 radical (unpaired) electrons. The molecule has 1 aromatic heterocycles. The van der Waals surface area contributed by atoms with Gasteiger partial charge in [0.15, 0.2) is 0 Å². The minimum Gasteiger partial charge on any atom is -0.496 e. The van der Waals surface area contributed by atoms with Crippen LogP contribution in [0.15, 0.2) is 24.3 Å². The average Bonchev–Trinajstić information content (AvgIpc) is 2.82. The fraction of sp³-hybridized carbons (Fsp3) is 0.412. The zero-order chi connectivity index (χ0) is 15.4. The van der Waals surface area contributed by atoms with Crippen LogP contribution in [0.5, 0.6) is 11.5 Å². The maximum atomic E-state index is 5.57. The summed E-state index contributed by atoms with van der Waals surface area (Å²) in [5.74, 6) is 1.70. The van der Waals surface area contributed by atoms with Crippen LogP contribution in [0.2, 0.25) is 0 Å². The van der Waals surface area contributed by atoms with E-state index in [1.54, 1.807) is 14.2 Å². The molecule has 0 aliphatic carbocycles. The van der Waals surface area contributed by atoms with E-state index in [-0.39, 0.29) is 6.04 Å². The van der Waals surface area contributed by atoms with Crippen molar-refractivity contribution in [3.63, 3.8) is 0 Å². The Kier molecular flexibility index (Phi) is 5.26. The summed E-state index contributed by atoms with van der Waals surface area (Å²) < 4.78 is 11.1. The molecule has 1 unspecified atom stereocenters. The van der Waals surface area contributed by atoms with Gasteiger partial charge in [-0.3, -0.25) is 0 Å². The second kappa shape index (κ2) is 6.96. The fourth-order valence-corrected chi connectivity index (χ4v) is 3.64. The van der Waals surface area contributed by atoms with Crippen molar-refractivity contribution in [2.75, 3.05) is 20.8 Å². The van der Waals surface area contributed by atoms with E-state index in [4.69, 9.17) is 9.47 Å². The molecule has 0 aliphatic rings. The van der Waals surface area contributed by atoms with Gasteiger partial charge in [0.25, 0.3) is 0 Å². The van der Waals surface area contributed by atoms with Gasteiger partial charge in [0.2, 0.25) is 0 Å². The quantitative estimate of drug-likeness (QED) is 0.872. The van der Waals surface area contributed by atoms with Gasteiger partial charge in [0.1, 0.15) is 11.5 Å². The molecule has 1 N–H and O–H groups in total. The molecule has 2 rings (SSSR count). The summed E-state index contributed by atoms with van der Waals surface area (Å²) in [5.41, 5.74) is 2.35. The predicted octanol–water partition coefficient (Wildman–Crippen LogP) is 4.08. The van der Waals surface area contributed by atoms with E-state index in [9.17, 15) is 0 Å². The third-order valence-corrected chi connectivity index (χ3v) is 4.53. The number of benzene rings is 1. The Balaban J connectivity index is 2.60. The Morgan fingerprint density at radius 2 is 1.76 bits per heavy atom. The van der Waals surface area contributed by atoms with Gasteiger partial charge in [0, 0.05) is 9.75 Å². The number of thiophene rings is 1. The number of methoxy groups -OCH3 is 2. The molecular formula is C17H23NO2S. The molecule has 3 nitrogen and oxygen atoms in total. The third kappa shape index (κ3) is 3.22. The number of rotatable bonds is 6. The zero-order valence-corrected chi connectivity index (χ0v) is 14.1. The Morgan fingerprint density at radius 1 is 1.14 bits per heavy atom. The maximum absolute atomic E-state index is 5.57. The van der Waals surface area contributed by atoms with E-state index in [1.165, 1.54) is 15.3 Å². The lowest BCUT2D eigenvalue weighted by Crippen LogP contribution is -2.23. The highest BCUT2D eigenvalue weighted by Gasteiger charge is 2.24. The first-order chi connectivity index (χ1) is 10.1. The smallest absolute Gasteiger partial charge is 0.127 e. The standard InChI is InChI=1S/C17H23NO2S/c1-6-18-17(13-10-11(2)21-12(13)3)16-14(19-4)8-7-9-15(16)20-5/h7-10,17-18H,6H2,1-5H3. The van der Waals surface area contributed by atoms with E-state index < -0.39 is 0 Å². The van der Waals surface area contributed by atoms with Gasteiger partial charge in [-0.15, -0.1) is 11.3 Å². The van der Waals surface area contributed by atoms with Crippen LogP contribution in [0.1, 0.15) is 33.8 Å². The Labute approximate surface area is 130 Å². The molecule has 0 spiro atoms. The van der Waals surface area contributed by atoms with Gasteiger partial charge >= 0.3 is 0 Å². The van der Waals surface area contributed by atoms with Crippen molar-refractivity contribution in [3.05, 3.63) is 45.1 Å². The van der Waals surface area contributed by atoms with E-state index in [1.807, 2.05) is 29.5 Å². The highest BCUT2D eigenvalue weighted by atomic mass is 32.1. The van der Waals surface area contributed by atoms with Crippen LogP contribution in [-0.4, -0.2) is 20.8 Å². The number of nitrogens with one attached hydrogen (secondary N) is 1. The highest BCUT2D eigenvalue weighted by Crippen LogP contribution is 2.40. The van der Waals surface area contributed by atoms with Gasteiger partial charge in [0.05, 0.1) is 25.8 Å². The summed E-state index contributed by atoms with van der Waals surface area (Å²) in [6.07, 6.45) is 0. The topological polar surface area (TPSA) is 30.5 Å². The second-order valence-corrected chi connectivity index (χ2v) is 6.40. The molecule has 114 valence electrons. The summed E-state index contributed by atoms with van der Waals surface area (Å²) in [7, 11) is 3.40. The van der Waals surface area contributed by atoms with Crippen molar-refractivity contribution in [3.8, 4) is 11.5 Å². The first kappa shape index (κ1) is 15.9.